The normalized spacial score (nSPS) is 23.9. The second kappa shape index (κ2) is 8.24. The largest absolute Gasteiger partial charge is 0.352 e. The minimum atomic E-state index is -1.55. The van der Waals surface area contributed by atoms with E-state index < -0.39 is 41.6 Å². The van der Waals surface area contributed by atoms with Crippen molar-refractivity contribution in [3.8, 4) is 0 Å². The zero-order valence-corrected chi connectivity index (χ0v) is 15.9. The van der Waals surface area contributed by atoms with Gasteiger partial charge in [-0.25, -0.2) is 13.6 Å². The van der Waals surface area contributed by atoms with E-state index in [2.05, 4.69) is 10.6 Å². The first-order chi connectivity index (χ1) is 13.3. The van der Waals surface area contributed by atoms with Gasteiger partial charge in [0.25, 0.3) is 5.91 Å². The molecule has 3 rings (SSSR count). The van der Waals surface area contributed by atoms with Crippen molar-refractivity contribution in [2.24, 2.45) is 0 Å². The van der Waals surface area contributed by atoms with Crippen molar-refractivity contribution in [3.63, 3.8) is 0 Å². The van der Waals surface area contributed by atoms with E-state index in [4.69, 9.17) is 0 Å². The monoisotopic (exact) mass is 393 g/mol. The Morgan fingerprint density at radius 2 is 1.79 bits per heavy atom. The molecule has 1 aliphatic heterocycles. The summed E-state index contributed by atoms with van der Waals surface area (Å²) in [6.45, 7) is 1.01. The molecule has 1 saturated carbocycles. The van der Waals surface area contributed by atoms with Gasteiger partial charge in [-0.3, -0.25) is 14.5 Å². The lowest BCUT2D eigenvalue weighted by molar-refractivity contribution is -0.135. The zero-order valence-electron chi connectivity index (χ0n) is 15.9. The predicted octanol–water partition coefficient (Wildman–Crippen LogP) is 2.96. The summed E-state index contributed by atoms with van der Waals surface area (Å²) in [6.07, 6.45) is 7.37. The van der Waals surface area contributed by atoms with Gasteiger partial charge in [0.05, 0.1) is 0 Å². The highest BCUT2D eigenvalue weighted by Crippen LogP contribution is 2.29. The molecule has 1 atom stereocenters. The van der Waals surface area contributed by atoms with Crippen LogP contribution >= 0.6 is 0 Å². The van der Waals surface area contributed by atoms with E-state index in [1.165, 1.54) is 19.4 Å². The van der Waals surface area contributed by atoms with Crippen LogP contribution in [0.5, 0.6) is 0 Å². The summed E-state index contributed by atoms with van der Waals surface area (Å²) in [7, 11) is 0. The van der Waals surface area contributed by atoms with Crippen LogP contribution in [0.2, 0.25) is 0 Å². The molecule has 1 aliphatic carbocycles. The lowest BCUT2D eigenvalue weighted by atomic mass is 9.92. The standard InChI is InChI=1S/C20H25F2N3O3/c1-20(13-9-10-15(21)16(22)11-13)18(27)25(19(28)24-20)12-17(26)23-14-7-5-3-2-4-6-8-14/h9-11,14H,2-8,12H2,1H3,(H,23,26)(H,24,28). The van der Waals surface area contributed by atoms with Gasteiger partial charge in [0, 0.05) is 6.04 Å². The molecule has 152 valence electrons. The molecule has 2 aliphatic rings. The Morgan fingerprint density at radius 1 is 1.14 bits per heavy atom. The van der Waals surface area contributed by atoms with E-state index in [0.717, 1.165) is 55.6 Å². The molecule has 0 bridgehead atoms. The number of rotatable bonds is 4. The molecule has 0 aromatic heterocycles. The number of urea groups is 1. The fourth-order valence-electron chi connectivity index (χ4n) is 3.86. The van der Waals surface area contributed by atoms with Crippen molar-refractivity contribution < 1.29 is 23.2 Å². The van der Waals surface area contributed by atoms with E-state index in [1.54, 1.807) is 0 Å². The van der Waals surface area contributed by atoms with Crippen LogP contribution in [0.4, 0.5) is 13.6 Å². The highest BCUT2D eigenvalue weighted by molar-refractivity contribution is 6.09. The van der Waals surface area contributed by atoms with Crippen molar-refractivity contribution in [3.05, 3.63) is 35.4 Å². The number of benzene rings is 1. The second-order valence-corrected chi connectivity index (χ2v) is 7.68. The maximum atomic E-state index is 13.6. The molecule has 6 nitrogen and oxygen atoms in total. The molecule has 8 heteroatoms. The van der Waals surface area contributed by atoms with E-state index in [1.807, 2.05) is 0 Å². The molecule has 0 spiro atoms. The van der Waals surface area contributed by atoms with Crippen molar-refractivity contribution >= 4 is 17.8 Å². The Kier molecular flexibility index (Phi) is 5.96. The Hall–Kier alpha value is -2.51. The average molecular weight is 393 g/mol. The van der Waals surface area contributed by atoms with Gasteiger partial charge >= 0.3 is 6.03 Å². The molecule has 1 aromatic rings. The highest BCUT2D eigenvalue weighted by atomic mass is 19.2. The maximum Gasteiger partial charge on any atom is 0.325 e. The molecule has 2 fully saturated rings. The molecule has 1 unspecified atom stereocenters. The first kappa shape index (κ1) is 20.2. The third kappa shape index (κ3) is 4.15. The van der Waals surface area contributed by atoms with Crippen LogP contribution in [0.15, 0.2) is 18.2 Å². The van der Waals surface area contributed by atoms with Gasteiger partial charge in [-0.1, -0.05) is 38.2 Å². The van der Waals surface area contributed by atoms with Gasteiger partial charge in [0.15, 0.2) is 11.6 Å². The number of amides is 4. The Morgan fingerprint density at radius 3 is 2.43 bits per heavy atom. The number of hydrogen-bond donors (Lipinski definition) is 2. The minimum Gasteiger partial charge on any atom is -0.352 e. The summed E-state index contributed by atoms with van der Waals surface area (Å²) < 4.78 is 26.8. The van der Waals surface area contributed by atoms with Gasteiger partial charge < -0.3 is 10.6 Å². The van der Waals surface area contributed by atoms with Crippen molar-refractivity contribution in [2.75, 3.05) is 6.54 Å². The summed E-state index contributed by atoms with van der Waals surface area (Å²) in [6, 6.07) is 2.34. The Labute approximate surface area is 162 Å². The van der Waals surface area contributed by atoms with Gasteiger partial charge in [-0.05, 0) is 37.5 Å². The summed E-state index contributed by atoms with van der Waals surface area (Å²) in [5.74, 6) is -3.22. The first-order valence-electron chi connectivity index (χ1n) is 9.70. The summed E-state index contributed by atoms with van der Waals surface area (Å²) >= 11 is 0. The van der Waals surface area contributed by atoms with Gasteiger partial charge in [0.1, 0.15) is 12.1 Å². The average Bonchev–Trinajstić information content (AvgIpc) is 2.83. The second-order valence-electron chi connectivity index (χ2n) is 7.68. The van der Waals surface area contributed by atoms with Crippen molar-refractivity contribution in [1.82, 2.24) is 15.5 Å². The van der Waals surface area contributed by atoms with E-state index in [0.29, 0.717) is 0 Å². The number of nitrogens with one attached hydrogen (secondary N) is 2. The molecule has 1 heterocycles. The number of nitrogens with zero attached hydrogens (tertiary/aromatic N) is 1. The van der Waals surface area contributed by atoms with Gasteiger partial charge in [0.2, 0.25) is 5.91 Å². The minimum absolute atomic E-state index is 0.0474. The Balaban J connectivity index is 1.67. The van der Waals surface area contributed by atoms with Crippen LogP contribution < -0.4 is 10.6 Å². The van der Waals surface area contributed by atoms with Crippen LogP contribution in [-0.2, 0) is 15.1 Å². The van der Waals surface area contributed by atoms with Crippen molar-refractivity contribution in [2.45, 2.75) is 63.5 Å². The van der Waals surface area contributed by atoms with Crippen LogP contribution in [0.3, 0.4) is 0 Å². The van der Waals surface area contributed by atoms with Crippen LogP contribution in [-0.4, -0.2) is 35.3 Å². The molecule has 2 N–H and O–H groups in total. The molecular formula is C20H25F2N3O3. The van der Waals surface area contributed by atoms with Crippen LogP contribution in [0.1, 0.15) is 57.4 Å². The number of imide groups is 1. The van der Waals surface area contributed by atoms with Gasteiger partial charge in [-0.15, -0.1) is 0 Å². The molecular weight excluding hydrogens is 368 g/mol. The van der Waals surface area contributed by atoms with E-state index in [9.17, 15) is 23.2 Å². The summed E-state index contributed by atoms with van der Waals surface area (Å²) in [5, 5.41) is 5.40. The fourth-order valence-corrected chi connectivity index (χ4v) is 3.86. The molecule has 1 saturated heterocycles. The lowest BCUT2D eigenvalue weighted by Crippen LogP contribution is -2.45. The highest BCUT2D eigenvalue weighted by Gasteiger charge is 2.49. The summed E-state index contributed by atoms with van der Waals surface area (Å²) in [4.78, 5) is 38.3. The lowest BCUT2D eigenvalue weighted by Gasteiger charge is -2.23. The first-order valence-corrected chi connectivity index (χ1v) is 9.70. The topological polar surface area (TPSA) is 78.5 Å². The van der Waals surface area contributed by atoms with Crippen LogP contribution in [0.25, 0.3) is 0 Å². The maximum absolute atomic E-state index is 13.6. The quantitative estimate of drug-likeness (QED) is 0.772. The molecule has 1 aromatic carbocycles. The number of carbonyl (C=O) groups is 3. The smallest absolute Gasteiger partial charge is 0.325 e. The predicted molar refractivity (Wildman–Crippen MR) is 98.2 cm³/mol. The van der Waals surface area contributed by atoms with Gasteiger partial charge in [-0.2, -0.15) is 0 Å². The van der Waals surface area contributed by atoms with Crippen LogP contribution in [0, 0.1) is 11.6 Å². The Bertz CT molecular complexity index is 778. The van der Waals surface area contributed by atoms with E-state index in [-0.39, 0.29) is 11.6 Å². The molecule has 28 heavy (non-hydrogen) atoms. The molecule has 4 amide bonds. The third-order valence-corrected chi connectivity index (χ3v) is 5.54. The zero-order chi connectivity index (χ0) is 20.3. The molecule has 0 radical (unpaired) electrons. The number of carbonyl (C=O) groups excluding carboxylic acids is 3. The summed E-state index contributed by atoms with van der Waals surface area (Å²) in [5.41, 5.74) is -1.43. The van der Waals surface area contributed by atoms with Crippen molar-refractivity contribution in [1.29, 1.82) is 0 Å². The SMILES string of the molecule is CC1(c2ccc(F)c(F)c2)NC(=O)N(CC(=O)NC2CCCCCCC2)C1=O. The number of hydrogen-bond acceptors (Lipinski definition) is 3. The van der Waals surface area contributed by atoms with E-state index >= 15 is 0 Å². The fraction of sp³-hybridized carbons (Fsp3) is 0.550. The third-order valence-electron chi connectivity index (χ3n) is 5.54. The number of halogens is 2.